The lowest BCUT2D eigenvalue weighted by Crippen LogP contribution is -2.34. The fourth-order valence-electron chi connectivity index (χ4n) is 3.79. The van der Waals surface area contributed by atoms with E-state index in [0.717, 1.165) is 32.1 Å². The Balaban J connectivity index is 1.64. The van der Waals surface area contributed by atoms with Crippen molar-refractivity contribution < 1.29 is 29.2 Å². The number of hydrogen-bond donors (Lipinski definition) is 2. The molecule has 1 aromatic rings. The van der Waals surface area contributed by atoms with Gasteiger partial charge in [0.05, 0.1) is 18.8 Å². The third kappa shape index (κ3) is 6.35. The monoisotopic (exact) mass is 380 g/mol. The van der Waals surface area contributed by atoms with E-state index in [1.54, 1.807) is 12.1 Å². The van der Waals surface area contributed by atoms with E-state index in [2.05, 4.69) is 0 Å². The van der Waals surface area contributed by atoms with Crippen molar-refractivity contribution >= 4 is 0 Å². The molecule has 6 nitrogen and oxygen atoms in total. The Morgan fingerprint density at radius 3 is 1.93 bits per heavy atom. The summed E-state index contributed by atoms with van der Waals surface area (Å²) >= 11 is 0. The molecule has 1 aliphatic heterocycles. The largest absolute Gasteiger partial charge is 0.487 e. The van der Waals surface area contributed by atoms with E-state index >= 15 is 0 Å². The summed E-state index contributed by atoms with van der Waals surface area (Å²) in [6.45, 7) is 1.42. The van der Waals surface area contributed by atoms with Crippen LogP contribution in [0.15, 0.2) is 24.3 Å². The molecule has 0 saturated heterocycles. The molecule has 0 radical (unpaired) electrons. The first-order chi connectivity index (χ1) is 13.2. The third-order valence-electron chi connectivity index (χ3n) is 5.29. The fourth-order valence-corrected chi connectivity index (χ4v) is 3.79. The summed E-state index contributed by atoms with van der Waals surface area (Å²) in [5.74, 6) is 1.09. The maximum atomic E-state index is 10.3. The van der Waals surface area contributed by atoms with Crippen LogP contribution in [0.4, 0.5) is 0 Å². The number of para-hydroxylation sites is 2. The molecule has 1 aliphatic carbocycles. The molecule has 6 heteroatoms. The Morgan fingerprint density at radius 2 is 1.30 bits per heavy atom. The molecule has 152 valence electrons. The van der Waals surface area contributed by atoms with Crippen LogP contribution in [0.5, 0.6) is 11.5 Å². The highest BCUT2D eigenvalue weighted by Gasteiger charge is 2.34. The SMILES string of the molecule is OC1COCCCCC2(CCCC2)OCC(O)COc2ccccc2OC1. The van der Waals surface area contributed by atoms with Gasteiger partial charge in [-0.3, -0.25) is 0 Å². The molecule has 1 aromatic carbocycles. The van der Waals surface area contributed by atoms with Gasteiger partial charge in [0.1, 0.15) is 25.4 Å². The minimum absolute atomic E-state index is 0.116. The second kappa shape index (κ2) is 10.3. The van der Waals surface area contributed by atoms with Crippen LogP contribution >= 0.6 is 0 Å². The summed E-state index contributed by atoms with van der Waals surface area (Å²) in [6, 6.07) is 7.27. The normalized spacial score (nSPS) is 27.9. The zero-order chi connectivity index (χ0) is 19.0. The summed E-state index contributed by atoms with van der Waals surface area (Å²) in [6.07, 6.45) is 6.02. The van der Waals surface area contributed by atoms with E-state index < -0.39 is 12.2 Å². The number of aliphatic hydroxyl groups excluding tert-OH is 2. The van der Waals surface area contributed by atoms with Crippen LogP contribution in [0, 0.1) is 0 Å². The summed E-state index contributed by atoms with van der Waals surface area (Å²) < 4.78 is 23.2. The van der Waals surface area contributed by atoms with Crippen molar-refractivity contribution in [1.29, 1.82) is 0 Å². The van der Waals surface area contributed by atoms with Crippen LogP contribution < -0.4 is 9.47 Å². The molecule has 27 heavy (non-hydrogen) atoms. The van der Waals surface area contributed by atoms with Crippen molar-refractivity contribution in [2.45, 2.75) is 62.8 Å². The highest BCUT2D eigenvalue weighted by atomic mass is 16.5. The van der Waals surface area contributed by atoms with Crippen molar-refractivity contribution in [1.82, 2.24) is 0 Å². The molecule has 2 aliphatic rings. The van der Waals surface area contributed by atoms with Crippen LogP contribution in [-0.4, -0.2) is 61.1 Å². The Hall–Kier alpha value is -1.34. The lowest BCUT2D eigenvalue weighted by molar-refractivity contribution is -0.0891. The molecule has 3 rings (SSSR count). The third-order valence-corrected chi connectivity index (χ3v) is 5.29. The van der Waals surface area contributed by atoms with Gasteiger partial charge in [-0.25, -0.2) is 0 Å². The first-order valence-corrected chi connectivity index (χ1v) is 10.1. The zero-order valence-electron chi connectivity index (χ0n) is 16.0. The Bertz CT molecular complexity index is 557. The molecule has 1 heterocycles. The van der Waals surface area contributed by atoms with Crippen LogP contribution in [0.1, 0.15) is 44.9 Å². The minimum atomic E-state index is -0.694. The Morgan fingerprint density at radius 1 is 0.741 bits per heavy atom. The summed E-state index contributed by atoms with van der Waals surface area (Å²) in [4.78, 5) is 0. The highest BCUT2D eigenvalue weighted by molar-refractivity contribution is 5.39. The van der Waals surface area contributed by atoms with E-state index in [1.807, 2.05) is 12.1 Å². The van der Waals surface area contributed by atoms with Crippen molar-refractivity contribution in [2.75, 3.05) is 33.0 Å². The molecule has 2 N–H and O–H groups in total. The van der Waals surface area contributed by atoms with Crippen molar-refractivity contribution in [3.8, 4) is 11.5 Å². The van der Waals surface area contributed by atoms with Crippen LogP contribution in [0.25, 0.3) is 0 Å². The average Bonchev–Trinajstić information content (AvgIpc) is 3.15. The molecule has 1 fully saturated rings. The van der Waals surface area contributed by atoms with E-state index in [0.29, 0.717) is 18.1 Å². The lowest BCUT2D eigenvalue weighted by Gasteiger charge is -2.30. The number of ether oxygens (including phenoxy) is 4. The van der Waals surface area contributed by atoms with Gasteiger partial charge in [0.25, 0.3) is 0 Å². The van der Waals surface area contributed by atoms with Crippen molar-refractivity contribution in [2.24, 2.45) is 0 Å². The summed E-state index contributed by atoms with van der Waals surface area (Å²) in [5.41, 5.74) is -0.116. The van der Waals surface area contributed by atoms with Gasteiger partial charge in [0.2, 0.25) is 0 Å². The summed E-state index contributed by atoms with van der Waals surface area (Å²) in [7, 11) is 0. The first kappa shape index (κ1) is 20.4. The topological polar surface area (TPSA) is 77.4 Å². The first-order valence-electron chi connectivity index (χ1n) is 10.1. The number of hydrogen-bond acceptors (Lipinski definition) is 6. The number of aliphatic hydroxyl groups is 2. The Kier molecular flexibility index (Phi) is 7.76. The van der Waals surface area contributed by atoms with Gasteiger partial charge in [-0.15, -0.1) is 0 Å². The predicted octanol–water partition coefficient (Wildman–Crippen LogP) is 2.70. The van der Waals surface area contributed by atoms with E-state index in [4.69, 9.17) is 18.9 Å². The predicted molar refractivity (Wildman–Crippen MR) is 101 cm³/mol. The molecule has 2 atom stereocenters. The van der Waals surface area contributed by atoms with Gasteiger partial charge < -0.3 is 29.2 Å². The molecule has 1 saturated carbocycles. The van der Waals surface area contributed by atoms with Gasteiger partial charge in [-0.05, 0) is 44.2 Å². The number of fused-ring (bicyclic) bond motifs is 1. The summed E-state index contributed by atoms with van der Waals surface area (Å²) in [5, 5.41) is 20.4. The van der Waals surface area contributed by atoms with Crippen LogP contribution in [-0.2, 0) is 9.47 Å². The molecule has 2 unspecified atom stereocenters. The van der Waals surface area contributed by atoms with E-state index in [-0.39, 0.29) is 32.0 Å². The molecular formula is C21H32O6. The van der Waals surface area contributed by atoms with Gasteiger partial charge in [-0.2, -0.15) is 0 Å². The lowest BCUT2D eigenvalue weighted by atomic mass is 9.94. The Labute approximate surface area is 161 Å². The smallest absolute Gasteiger partial charge is 0.161 e. The average molecular weight is 380 g/mol. The second-order valence-electron chi connectivity index (χ2n) is 7.61. The van der Waals surface area contributed by atoms with E-state index in [1.165, 1.54) is 12.8 Å². The molecule has 0 bridgehead atoms. The fraction of sp³-hybridized carbons (Fsp3) is 0.714. The number of benzene rings is 1. The second-order valence-corrected chi connectivity index (χ2v) is 7.61. The molecule has 1 spiro atoms. The van der Waals surface area contributed by atoms with Crippen molar-refractivity contribution in [3.05, 3.63) is 24.3 Å². The van der Waals surface area contributed by atoms with Gasteiger partial charge in [-0.1, -0.05) is 25.0 Å². The van der Waals surface area contributed by atoms with Gasteiger partial charge >= 0.3 is 0 Å². The standard InChI is InChI=1S/C21H32O6/c22-17-13-24-12-6-5-11-21(9-3-4-10-21)27-16-18(23)15-26-20-8-2-1-7-19(20)25-14-17/h1-2,7-8,17-18,22-23H,3-6,9-16H2. The maximum absolute atomic E-state index is 10.3. The van der Waals surface area contributed by atoms with Crippen molar-refractivity contribution in [3.63, 3.8) is 0 Å². The minimum Gasteiger partial charge on any atom is -0.487 e. The highest BCUT2D eigenvalue weighted by Crippen LogP contribution is 2.37. The quantitative estimate of drug-likeness (QED) is 0.721. The maximum Gasteiger partial charge on any atom is 0.161 e. The number of rotatable bonds is 0. The zero-order valence-corrected chi connectivity index (χ0v) is 16.0. The van der Waals surface area contributed by atoms with E-state index in [9.17, 15) is 10.2 Å². The van der Waals surface area contributed by atoms with Crippen LogP contribution in [0.3, 0.4) is 0 Å². The van der Waals surface area contributed by atoms with Gasteiger partial charge in [0, 0.05) is 6.61 Å². The van der Waals surface area contributed by atoms with Crippen LogP contribution in [0.2, 0.25) is 0 Å². The molecular weight excluding hydrogens is 348 g/mol. The molecule has 0 aromatic heterocycles. The van der Waals surface area contributed by atoms with Gasteiger partial charge in [0.15, 0.2) is 11.5 Å². The molecule has 0 amide bonds.